The molecule has 1 fully saturated rings. The molecule has 0 amide bonds. The number of Topliss-reactive ketones (excluding diaryl/α,β-unsaturated/α-hetero) is 1. The number of ketones is 1. The molecular formula is C14H16F2O. The van der Waals surface area contributed by atoms with Crippen LogP contribution in [0.4, 0.5) is 8.78 Å². The summed E-state index contributed by atoms with van der Waals surface area (Å²) in [4.78, 5) is 12.1. The largest absolute Gasteiger partial charge is 0.299 e. The van der Waals surface area contributed by atoms with E-state index in [4.69, 9.17) is 0 Å². The Morgan fingerprint density at radius 3 is 2.53 bits per heavy atom. The van der Waals surface area contributed by atoms with Crippen LogP contribution in [-0.2, 0) is 11.2 Å². The number of hydrogen-bond donors (Lipinski definition) is 0. The van der Waals surface area contributed by atoms with Gasteiger partial charge < -0.3 is 0 Å². The molecule has 3 heteroatoms. The van der Waals surface area contributed by atoms with Gasteiger partial charge in [0, 0.05) is 17.9 Å². The summed E-state index contributed by atoms with van der Waals surface area (Å²) in [5, 5.41) is 0. The maximum Gasteiger partial charge on any atom is 0.143 e. The van der Waals surface area contributed by atoms with Crippen LogP contribution < -0.4 is 0 Å². The molecule has 1 aromatic carbocycles. The summed E-state index contributed by atoms with van der Waals surface area (Å²) in [5.41, 5.74) is -0.00888. The van der Waals surface area contributed by atoms with E-state index >= 15 is 0 Å². The van der Waals surface area contributed by atoms with Crippen molar-refractivity contribution >= 4 is 5.78 Å². The molecule has 0 N–H and O–H groups in total. The van der Waals surface area contributed by atoms with Gasteiger partial charge in [-0.1, -0.05) is 25.8 Å². The lowest BCUT2D eigenvalue weighted by Gasteiger charge is -2.21. The van der Waals surface area contributed by atoms with Crippen molar-refractivity contribution in [1.29, 1.82) is 0 Å². The van der Waals surface area contributed by atoms with Crippen LogP contribution in [0.3, 0.4) is 0 Å². The Hall–Kier alpha value is -1.25. The molecule has 0 aliphatic heterocycles. The highest BCUT2D eigenvalue weighted by Crippen LogP contribution is 2.39. The van der Waals surface area contributed by atoms with Gasteiger partial charge in [-0.05, 0) is 24.5 Å². The Bertz CT molecular complexity index is 434. The first-order valence-electron chi connectivity index (χ1n) is 5.98. The lowest BCUT2D eigenvalue weighted by Crippen LogP contribution is -2.26. The van der Waals surface area contributed by atoms with E-state index in [2.05, 4.69) is 0 Å². The SMILES string of the molecule is CC1(C(=O)Cc2ccc(F)cc2F)CCCC1. The van der Waals surface area contributed by atoms with Crippen molar-refractivity contribution in [2.24, 2.45) is 5.41 Å². The second kappa shape index (κ2) is 4.55. The fourth-order valence-corrected chi connectivity index (χ4v) is 2.49. The summed E-state index contributed by atoms with van der Waals surface area (Å²) in [6, 6.07) is 3.39. The minimum absolute atomic E-state index is 0.0699. The zero-order valence-corrected chi connectivity index (χ0v) is 9.93. The highest BCUT2D eigenvalue weighted by atomic mass is 19.1. The van der Waals surface area contributed by atoms with Crippen LogP contribution in [0, 0.1) is 17.0 Å². The molecule has 0 bridgehead atoms. The average molecular weight is 238 g/mol. The van der Waals surface area contributed by atoms with Crippen molar-refractivity contribution in [2.75, 3.05) is 0 Å². The van der Waals surface area contributed by atoms with Gasteiger partial charge in [-0.15, -0.1) is 0 Å². The minimum atomic E-state index is -0.625. The third kappa shape index (κ3) is 2.54. The van der Waals surface area contributed by atoms with E-state index in [0.29, 0.717) is 5.56 Å². The van der Waals surface area contributed by atoms with E-state index in [9.17, 15) is 13.6 Å². The van der Waals surface area contributed by atoms with Crippen molar-refractivity contribution in [1.82, 2.24) is 0 Å². The first kappa shape index (κ1) is 12.2. The summed E-state index contributed by atoms with van der Waals surface area (Å²) < 4.78 is 26.2. The zero-order valence-electron chi connectivity index (χ0n) is 9.93. The molecule has 1 saturated carbocycles. The summed E-state index contributed by atoms with van der Waals surface area (Å²) in [6.45, 7) is 1.95. The Morgan fingerprint density at radius 2 is 1.94 bits per heavy atom. The molecule has 17 heavy (non-hydrogen) atoms. The van der Waals surface area contributed by atoms with Gasteiger partial charge in [-0.2, -0.15) is 0 Å². The van der Waals surface area contributed by atoms with Gasteiger partial charge in [0.1, 0.15) is 17.4 Å². The van der Waals surface area contributed by atoms with Crippen LogP contribution in [0.2, 0.25) is 0 Å². The second-order valence-corrected chi connectivity index (χ2v) is 5.10. The average Bonchev–Trinajstić information content (AvgIpc) is 2.71. The Labute approximate surface area is 99.8 Å². The van der Waals surface area contributed by atoms with E-state index in [-0.39, 0.29) is 17.6 Å². The number of benzene rings is 1. The van der Waals surface area contributed by atoms with Crippen LogP contribution in [0.1, 0.15) is 38.2 Å². The van der Waals surface area contributed by atoms with Gasteiger partial charge in [0.15, 0.2) is 0 Å². The smallest absolute Gasteiger partial charge is 0.143 e. The fraction of sp³-hybridized carbons (Fsp3) is 0.500. The molecule has 1 aromatic rings. The van der Waals surface area contributed by atoms with Crippen LogP contribution in [0.5, 0.6) is 0 Å². The third-order valence-corrected chi connectivity index (χ3v) is 3.75. The van der Waals surface area contributed by atoms with Crippen molar-refractivity contribution in [3.05, 3.63) is 35.4 Å². The predicted octanol–water partition coefficient (Wildman–Crippen LogP) is 3.66. The number of carbonyl (C=O) groups is 1. The van der Waals surface area contributed by atoms with E-state index in [1.807, 2.05) is 6.92 Å². The molecule has 0 aromatic heterocycles. The lowest BCUT2D eigenvalue weighted by molar-refractivity contribution is -0.127. The van der Waals surface area contributed by atoms with Gasteiger partial charge in [0.25, 0.3) is 0 Å². The van der Waals surface area contributed by atoms with Gasteiger partial charge in [0.05, 0.1) is 0 Å². The number of halogens is 2. The molecule has 0 radical (unpaired) electrons. The maximum absolute atomic E-state index is 13.4. The van der Waals surface area contributed by atoms with Crippen molar-refractivity contribution < 1.29 is 13.6 Å². The first-order chi connectivity index (χ1) is 8.01. The molecular weight excluding hydrogens is 222 g/mol. The molecule has 1 nitrogen and oxygen atoms in total. The second-order valence-electron chi connectivity index (χ2n) is 5.10. The van der Waals surface area contributed by atoms with E-state index < -0.39 is 11.6 Å². The van der Waals surface area contributed by atoms with E-state index in [1.54, 1.807) is 0 Å². The summed E-state index contributed by atoms with van der Waals surface area (Å²) in [5.74, 6) is -1.16. The standard InChI is InChI=1S/C14H16F2O/c1-14(6-2-3-7-14)13(17)8-10-4-5-11(15)9-12(10)16/h4-5,9H,2-3,6-8H2,1H3. The van der Waals surface area contributed by atoms with E-state index in [1.165, 1.54) is 12.1 Å². The molecule has 92 valence electrons. The van der Waals surface area contributed by atoms with Gasteiger partial charge in [0.2, 0.25) is 0 Å². The molecule has 0 atom stereocenters. The number of rotatable bonds is 3. The highest BCUT2D eigenvalue weighted by molar-refractivity contribution is 5.86. The molecule has 1 aliphatic rings. The van der Waals surface area contributed by atoms with Crippen LogP contribution >= 0.6 is 0 Å². The molecule has 1 aliphatic carbocycles. The topological polar surface area (TPSA) is 17.1 Å². The lowest BCUT2D eigenvalue weighted by atomic mass is 9.81. The van der Waals surface area contributed by atoms with Crippen molar-refractivity contribution in [3.63, 3.8) is 0 Å². The Balaban J connectivity index is 2.13. The summed E-state index contributed by atoms with van der Waals surface area (Å²) in [7, 11) is 0. The molecule has 0 saturated heterocycles. The van der Waals surface area contributed by atoms with Gasteiger partial charge >= 0.3 is 0 Å². The van der Waals surface area contributed by atoms with Gasteiger partial charge in [-0.25, -0.2) is 8.78 Å². The zero-order chi connectivity index (χ0) is 12.5. The van der Waals surface area contributed by atoms with E-state index in [0.717, 1.165) is 31.7 Å². The summed E-state index contributed by atoms with van der Waals surface area (Å²) in [6.07, 6.45) is 3.97. The third-order valence-electron chi connectivity index (χ3n) is 3.75. The normalized spacial score (nSPS) is 18.3. The molecule has 2 rings (SSSR count). The fourth-order valence-electron chi connectivity index (χ4n) is 2.49. The highest BCUT2D eigenvalue weighted by Gasteiger charge is 2.35. The Morgan fingerprint density at radius 1 is 1.29 bits per heavy atom. The quantitative estimate of drug-likeness (QED) is 0.785. The monoisotopic (exact) mass is 238 g/mol. The predicted molar refractivity (Wildman–Crippen MR) is 61.6 cm³/mol. The van der Waals surface area contributed by atoms with Gasteiger partial charge in [-0.3, -0.25) is 4.79 Å². The number of hydrogen-bond acceptors (Lipinski definition) is 1. The minimum Gasteiger partial charge on any atom is -0.299 e. The molecule has 0 spiro atoms. The van der Waals surface area contributed by atoms with Crippen molar-refractivity contribution in [2.45, 2.75) is 39.0 Å². The van der Waals surface area contributed by atoms with Crippen molar-refractivity contribution in [3.8, 4) is 0 Å². The maximum atomic E-state index is 13.4. The molecule has 0 unspecified atom stereocenters. The van der Waals surface area contributed by atoms with Crippen LogP contribution in [0.25, 0.3) is 0 Å². The molecule has 0 heterocycles. The first-order valence-corrected chi connectivity index (χ1v) is 5.98. The summed E-state index contributed by atoms with van der Waals surface area (Å²) >= 11 is 0. The van der Waals surface area contributed by atoms with Crippen LogP contribution in [0.15, 0.2) is 18.2 Å². The van der Waals surface area contributed by atoms with Crippen LogP contribution in [-0.4, -0.2) is 5.78 Å². The Kier molecular flexibility index (Phi) is 3.27. The number of carbonyl (C=O) groups excluding carboxylic acids is 1.